The third-order valence-electron chi connectivity index (χ3n) is 4.75. The van der Waals surface area contributed by atoms with Crippen LogP contribution in [0.15, 0.2) is 30.5 Å². The van der Waals surface area contributed by atoms with Gasteiger partial charge in [-0.05, 0) is 37.5 Å². The van der Waals surface area contributed by atoms with Crippen molar-refractivity contribution in [2.75, 3.05) is 13.1 Å². The van der Waals surface area contributed by atoms with Crippen LogP contribution in [0.2, 0.25) is 5.02 Å². The van der Waals surface area contributed by atoms with E-state index < -0.39 is 0 Å². The summed E-state index contributed by atoms with van der Waals surface area (Å²) < 4.78 is 1.79. The summed E-state index contributed by atoms with van der Waals surface area (Å²) in [5.41, 5.74) is 2.39. The van der Waals surface area contributed by atoms with Crippen molar-refractivity contribution in [3.05, 3.63) is 52.3 Å². The van der Waals surface area contributed by atoms with Gasteiger partial charge in [0.1, 0.15) is 0 Å². The van der Waals surface area contributed by atoms with Crippen LogP contribution in [0.5, 0.6) is 0 Å². The second kappa shape index (κ2) is 8.57. The van der Waals surface area contributed by atoms with Gasteiger partial charge in [0.15, 0.2) is 0 Å². The molecule has 144 valence electrons. The van der Waals surface area contributed by atoms with E-state index in [1.807, 2.05) is 31.2 Å². The average molecular weight is 389 g/mol. The molecular formula is C20H25ClN4O2. The maximum atomic E-state index is 12.6. The number of likely N-dealkylation sites (tertiary alicyclic amines) is 1. The average Bonchev–Trinajstić information content (AvgIpc) is 3.15. The van der Waals surface area contributed by atoms with Gasteiger partial charge in [-0.25, -0.2) is 0 Å². The predicted octanol–water partition coefficient (Wildman–Crippen LogP) is 2.83. The predicted molar refractivity (Wildman–Crippen MR) is 105 cm³/mol. The number of hydrogen-bond donors (Lipinski definition) is 1. The van der Waals surface area contributed by atoms with Gasteiger partial charge in [0.2, 0.25) is 5.91 Å². The Bertz CT molecular complexity index is 833. The molecule has 0 saturated carbocycles. The number of benzene rings is 1. The van der Waals surface area contributed by atoms with E-state index in [2.05, 4.69) is 17.3 Å². The molecule has 1 aromatic heterocycles. The van der Waals surface area contributed by atoms with Crippen LogP contribution in [0.3, 0.4) is 0 Å². The van der Waals surface area contributed by atoms with E-state index in [-0.39, 0.29) is 17.9 Å². The molecule has 6 nitrogen and oxygen atoms in total. The highest BCUT2D eigenvalue weighted by Gasteiger charge is 2.31. The fourth-order valence-corrected chi connectivity index (χ4v) is 3.60. The van der Waals surface area contributed by atoms with Gasteiger partial charge < -0.3 is 10.2 Å². The lowest BCUT2D eigenvalue weighted by molar-refractivity contribution is -0.127. The Morgan fingerprint density at radius 2 is 2.19 bits per heavy atom. The van der Waals surface area contributed by atoms with E-state index in [4.69, 9.17) is 11.6 Å². The van der Waals surface area contributed by atoms with Crippen molar-refractivity contribution in [1.82, 2.24) is 20.0 Å². The molecular weight excluding hydrogens is 364 g/mol. The van der Waals surface area contributed by atoms with Crippen LogP contribution in [0.1, 0.15) is 41.4 Å². The lowest BCUT2D eigenvalue weighted by Crippen LogP contribution is -2.37. The number of hydrogen-bond acceptors (Lipinski definition) is 3. The van der Waals surface area contributed by atoms with Crippen molar-refractivity contribution in [2.45, 2.75) is 45.7 Å². The number of carbonyl (C=O) groups is 2. The normalized spacial score (nSPS) is 16.8. The molecule has 1 atom stereocenters. The van der Waals surface area contributed by atoms with E-state index in [0.29, 0.717) is 35.8 Å². The van der Waals surface area contributed by atoms with Gasteiger partial charge >= 0.3 is 0 Å². The molecule has 1 N–H and O–H groups in total. The van der Waals surface area contributed by atoms with Gasteiger partial charge in [-0.15, -0.1) is 0 Å². The Hall–Kier alpha value is -2.34. The molecule has 7 heteroatoms. The van der Waals surface area contributed by atoms with Gasteiger partial charge in [-0.2, -0.15) is 5.10 Å². The third-order valence-corrected chi connectivity index (χ3v) is 4.99. The summed E-state index contributed by atoms with van der Waals surface area (Å²) in [7, 11) is 0. The van der Waals surface area contributed by atoms with Crippen LogP contribution < -0.4 is 5.32 Å². The summed E-state index contributed by atoms with van der Waals surface area (Å²) in [6.45, 7) is 5.84. The molecule has 27 heavy (non-hydrogen) atoms. The van der Waals surface area contributed by atoms with Gasteiger partial charge in [-0.3, -0.25) is 14.3 Å². The summed E-state index contributed by atoms with van der Waals surface area (Å²) in [6.07, 6.45) is 3.82. The summed E-state index contributed by atoms with van der Waals surface area (Å²) in [4.78, 5) is 26.6. The monoisotopic (exact) mass is 388 g/mol. The number of carbonyl (C=O) groups excluding carboxylic acids is 2. The Balaban J connectivity index is 1.55. The smallest absolute Gasteiger partial charge is 0.255 e. The number of nitrogens with one attached hydrogen (secondary N) is 1. The second-order valence-corrected chi connectivity index (χ2v) is 7.42. The van der Waals surface area contributed by atoms with Gasteiger partial charge in [-0.1, -0.05) is 30.7 Å². The zero-order chi connectivity index (χ0) is 19.4. The van der Waals surface area contributed by atoms with Gasteiger partial charge in [0, 0.05) is 37.3 Å². The lowest BCUT2D eigenvalue weighted by Gasteiger charge is -2.17. The maximum Gasteiger partial charge on any atom is 0.255 e. The van der Waals surface area contributed by atoms with Crippen LogP contribution in [-0.2, 0) is 17.8 Å². The summed E-state index contributed by atoms with van der Waals surface area (Å²) in [5, 5.41) is 8.05. The fourth-order valence-electron chi connectivity index (χ4n) is 3.39. The van der Waals surface area contributed by atoms with Crippen LogP contribution in [0.25, 0.3) is 0 Å². The van der Waals surface area contributed by atoms with Gasteiger partial charge in [0.05, 0.1) is 17.3 Å². The SMILES string of the molecule is CCCn1cc(C(=O)N[C@H]2CC(=O)N(CCc3cccc(Cl)c3)C2)c(C)n1. The molecule has 1 fully saturated rings. The quantitative estimate of drug-likeness (QED) is 0.793. The van der Waals surface area contributed by atoms with Crippen molar-refractivity contribution < 1.29 is 9.59 Å². The van der Waals surface area contributed by atoms with Crippen LogP contribution in [-0.4, -0.2) is 45.6 Å². The van der Waals surface area contributed by atoms with Crippen molar-refractivity contribution in [1.29, 1.82) is 0 Å². The van der Waals surface area contributed by atoms with E-state index in [1.165, 1.54) is 0 Å². The molecule has 1 aliphatic heterocycles. The topological polar surface area (TPSA) is 67.2 Å². The molecule has 0 bridgehead atoms. The molecule has 0 radical (unpaired) electrons. The van der Waals surface area contributed by atoms with E-state index in [9.17, 15) is 9.59 Å². The standard InChI is InChI=1S/C20H25ClN4O2/c1-3-8-25-13-18(14(2)23-25)20(27)22-17-11-19(26)24(12-17)9-7-15-5-4-6-16(21)10-15/h4-6,10,13,17H,3,7-9,11-12H2,1-2H3,(H,22,27)/t17-/m0/s1. The minimum atomic E-state index is -0.168. The van der Waals surface area contributed by atoms with Crippen molar-refractivity contribution >= 4 is 23.4 Å². The van der Waals surface area contributed by atoms with Gasteiger partial charge in [0.25, 0.3) is 5.91 Å². The van der Waals surface area contributed by atoms with Crippen molar-refractivity contribution in [2.24, 2.45) is 0 Å². The maximum absolute atomic E-state index is 12.6. The lowest BCUT2D eigenvalue weighted by atomic mass is 10.1. The Kier molecular flexibility index (Phi) is 6.16. The Labute approximate surface area is 164 Å². The molecule has 1 saturated heterocycles. The number of halogens is 1. The zero-order valence-electron chi connectivity index (χ0n) is 15.7. The first-order valence-corrected chi connectivity index (χ1v) is 9.71. The first kappa shape index (κ1) is 19.4. The van der Waals surface area contributed by atoms with E-state index >= 15 is 0 Å². The third kappa shape index (κ3) is 4.89. The molecule has 1 aliphatic rings. The summed E-state index contributed by atoms with van der Waals surface area (Å²) >= 11 is 6.01. The molecule has 0 unspecified atom stereocenters. The minimum Gasteiger partial charge on any atom is -0.347 e. The molecule has 0 spiro atoms. The summed E-state index contributed by atoms with van der Waals surface area (Å²) in [6, 6.07) is 7.49. The number of aromatic nitrogens is 2. The van der Waals surface area contributed by atoms with Crippen molar-refractivity contribution in [3.63, 3.8) is 0 Å². The Morgan fingerprint density at radius 3 is 2.93 bits per heavy atom. The molecule has 2 amide bonds. The fraction of sp³-hybridized carbons (Fsp3) is 0.450. The second-order valence-electron chi connectivity index (χ2n) is 6.99. The zero-order valence-corrected chi connectivity index (χ0v) is 16.5. The van der Waals surface area contributed by atoms with Crippen LogP contribution in [0.4, 0.5) is 0 Å². The Morgan fingerprint density at radius 1 is 1.37 bits per heavy atom. The summed E-state index contributed by atoms with van der Waals surface area (Å²) in [5.74, 6) is -0.0925. The van der Waals surface area contributed by atoms with E-state index in [1.54, 1.807) is 15.8 Å². The largest absolute Gasteiger partial charge is 0.347 e. The number of rotatable bonds is 7. The molecule has 1 aromatic carbocycles. The van der Waals surface area contributed by atoms with Crippen LogP contribution >= 0.6 is 11.6 Å². The number of aryl methyl sites for hydroxylation is 2. The first-order chi connectivity index (χ1) is 13.0. The van der Waals surface area contributed by atoms with Crippen molar-refractivity contribution in [3.8, 4) is 0 Å². The molecule has 0 aliphatic carbocycles. The highest BCUT2D eigenvalue weighted by molar-refractivity contribution is 6.30. The highest BCUT2D eigenvalue weighted by atomic mass is 35.5. The molecule has 2 heterocycles. The number of nitrogens with zero attached hydrogens (tertiary/aromatic N) is 3. The highest BCUT2D eigenvalue weighted by Crippen LogP contribution is 2.16. The minimum absolute atomic E-state index is 0.0701. The number of amides is 2. The molecule has 3 rings (SSSR count). The molecule has 2 aromatic rings. The van der Waals surface area contributed by atoms with Crippen LogP contribution in [0, 0.1) is 6.92 Å². The first-order valence-electron chi connectivity index (χ1n) is 9.33. The van der Waals surface area contributed by atoms with E-state index in [0.717, 1.165) is 24.9 Å².